The number of hydrogen-bond donors (Lipinski definition) is 1. The minimum atomic E-state index is -4.15. The van der Waals surface area contributed by atoms with Gasteiger partial charge in [0.2, 0.25) is 5.91 Å². The lowest BCUT2D eigenvalue weighted by molar-refractivity contribution is -0.120. The summed E-state index contributed by atoms with van der Waals surface area (Å²) in [5, 5.41) is 2.81. The molecular formula is C21H27FN2O4S. The van der Waals surface area contributed by atoms with Crippen LogP contribution in [0.15, 0.2) is 47.4 Å². The summed E-state index contributed by atoms with van der Waals surface area (Å²) in [4.78, 5) is 12.5. The highest BCUT2D eigenvalue weighted by Gasteiger charge is 2.30. The van der Waals surface area contributed by atoms with Gasteiger partial charge in [-0.3, -0.25) is 9.10 Å². The van der Waals surface area contributed by atoms with E-state index in [9.17, 15) is 17.6 Å². The van der Waals surface area contributed by atoms with E-state index in [0.717, 1.165) is 34.8 Å². The Morgan fingerprint density at radius 1 is 1.21 bits per heavy atom. The highest BCUT2D eigenvalue weighted by molar-refractivity contribution is 7.93. The predicted octanol–water partition coefficient (Wildman–Crippen LogP) is 3.64. The summed E-state index contributed by atoms with van der Waals surface area (Å²) in [5.41, 5.74) is 0.915. The number of ether oxygens (including phenoxy) is 1. The summed E-state index contributed by atoms with van der Waals surface area (Å²) in [7, 11) is -2.77. The minimum Gasteiger partial charge on any atom is -0.495 e. The molecule has 0 aliphatic carbocycles. The van der Waals surface area contributed by atoms with Crippen molar-refractivity contribution >= 4 is 21.6 Å². The molecule has 0 heterocycles. The summed E-state index contributed by atoms with van der Waals surface area (Å²) in [6.07, 6.45) is 1.67. The van der Waals surface area contributed by atoms with Crippen LogP contribution in [0, 0.1) is 12.7 Å². The van der Waals surface area contributed by atoms with Crippen LogP contribution in [0.1, 0.15) is 32.3 Å². The fraction of sp³-hybridized carbons (Fsp3) is 0.381. The standard InChI is InChI=1S/C21H27FN2O4S/c1-5-6-16(3)23-21(25)14-24(18-10-8-17(22)9-11-18)29(26,27)20-13-15(2)7-12-19(20)28-4/h7-13,16H,5-6,14H2,1-4H3,(H,23,25)/t16-/m1/s1. The molecule has 158 valence electrons. The van der Waals surface area contributed by atoms with Gasteiger partial charge in [0.25, 0.3) is 10.0 Å². The number of halogens is 1. The fourth-order valence-electron chi connectivity index (χ4n) is 2.98. The van der Waals surface area contributed by atoms with Gasteiger partial charge in [0.05, 0.1) is 12.8 Å². The lowest BCUT2D eigenvalue weighted by Gasteiger charge is -2.26. The number of methoxy groups -OCH3 is 1. The molecule has 0 saturated carbocycles. The molecule has 1 N–H and O–H groups in total. The smallest absolute Gasteiger partial charge is 0.268 e. The van der Waals surface area contributed by atoms with Gasteiger partial charge in [-0.25, -0.2) is 12.8 Å². The molecule has 8 heteroatoms. The average Bonchev–Trinajstić information content (AvgIpc) is 2.67. The number of anilines is 1. The van der Waals surface area contributed by atoms with Crippen molar-refractivity contribution in [3.8, 4) is 5.75 Å². The molecule has 0 radical (unpaired) electrons. The molecule has 0 fully saturated rings. The van der Waals surface area contributed by atoms with Crippen LogP contribution >= 0.6 is 0 Å². The van der Waals surface area contributed by atoms with E-state index < -0.39 is 28.3 Å². The number of amides is 1. The Labute approximate surface area is 171 Å². The minimum absolute atomic E-state index is 0.0567. The van der Waals surface area contributed by atoms with Gasteiger partial charge in [0.1, 0.15) is 23.0 Å². The molecule has 2 rings (SSSR count). The first-order chi connectivity index (χ1) is 13.7. The third-order valence-electron chi connectivity index (χ3n) is 4.42. The molecule has 0 saturated heterocycles. The van der Waals surface area contributed by atoms with Gasteiger partial charge in [-0.15, -0.1) is 0 Å². The highest BCUT2D eigenvalue weighted by Crippen LogP contribution is 2.30. The molecule has 2 aromatic carbocycles. The van der Waals surface area contributed by atoms with Gasteiger partial charge in [-0.1, -0.05) is 19.4 Å². The highest BCUT2D eigenvalue weighted by atomic mass is 32.2. The molecule has 1 atom stereocenters. The van der Waals surface area contributed by atoms with Crippen molar-refractivity contribution in [1.29, 1.82) is 0 Å². The van der Waals surface area contributed by atoms with Crippen molar-refractivity contribution in [1.82, 2.24) is 5.32 Å². The van der Waals surface area contributed by atoms with E-state index in [2.05, 4.69) is 5.32 Å². The molecule has 0 unspecified atom stereocenters. The number of sulfonamides is 1. The fourth-order valence-corrected chi connectivity index (χ4v) is 4.65. The number of benzene rings is 2. The molecule has 29 heavy (non-hydrogen) atoms. The normalized spacial score (nSPS) is 12.3. The first-order valence-corrected chi connectivity index (χ1v) is 10.8. The number of carbonyl (C=O) groups is 1. The zero-order valence-electron chi connectivity index (χ0n) is 17.1. The quantitative estimate of drug-likeness (QED) is 0.669. The van der Waals surface area contributed by atoms with Crippen molar-refractivity contribution in [2.24, 2.45) is 0 Å². The molecule has 0 aromatic heterocycles. The van der Waals surface area contributed by atoms with E-state index in [1.165, 1.54) is 25.3 Å². The van der Waals surface area contributed by atoms with Gasteiger partial charge in [-0.05, 0) is 62.2 Å². The van der Waals surface area contributed by atoms with E-state index in [4.69, 9.17) is 4.74 Å². The zero-order chi connectivity index (χ0) is 21.6. The largest absolute Gasteiger partial charge is 0.495 e. The number of hydrogen-bond acceptors (Lipinski definition) is 4. The predicted molar refractivity (Wildman–Crippen MR) is 111 cm³/mol. The average molecular weight is 423 g/mol. The SMILES string of the molecule is CCC[C@@H](C)NC(=O)CN(c1ccc(F)cc1)S(=O)(=O)c1cc(C)ccc1OC. The van der Waals surface area contributed by atoms with Crippen LogP contribution in [0.4, 0.5) is 10.1 Å². The lowest BCUT2D eigenvalue weighted by Crippen LogP contribution is -2.43. The first kappa shape index (κ1) is 22.7. The van der Waals surface area contributed by atoms with E-state index in [-0.39, 0.29) is 22.4 Å². The Hall–Kier alpha value is -2.61. The van der Waals surface area contributed by atoms with Crippen LogP contribution in [0.25, 0.3) is 0 Å². The molecule has 0 bridgehead atoms. The number of aryl methyl sites for hydroxylation is 1. The van der Waals surface area contributed by atoms with Crippen LogP contribution in [0.5, 0.6) is 5.75 Å². The molecule has 0 aliphatic heterocycles. The Balaban J connectivity index is 2.48. The third-order valence-corrected chi connectivity index (χ3v) is 6.21. The van der Waals surface area contributed by atoms with E-state index in [0.29, 0.717) is 0 Å². The topological polar surface area (TPSA) is 75.7 Å². The van der Waals surface area contributed by atoms with Gasteiger partial charge in [0.15, 0.2) is 0 Å². The summed E-state index contributed by atoms with van der Waals surface area (Å²) in [6, 6.07) is 9.68. The Morgan fingerprint density at radius 2 is 1.86 bits per heavy atom. The second-order valence-corrected chi connectivity index (χ2v) is 8.73. The zero-order valence-corrected chi connectivity index (χ0v) is 17.9. The number of rotatable bonds is 9. The Morgan fingerprint density at radius 3 is 2.45 bits per heavy atom. The molecule has 2 aromatic rings. The van der Waals surface area contributed by atoms with Crippen molar-refractivity contribution < 1.29 is 22.3 Å². The molecule has 6 nitrogen and oxygen atoms in total. The Kier molecular flexibility index (Phi) is 7.61. The number of nitrogens with one attached hydrogen (secondary N) is 1. The summed E-state index contributed by atoms with van der Waals surface area (Å²) in [6.45, 7) is 5.20. The van der Waals surface area contributed by atoms with Crippen molar-refractivity contribution in [3.63, 3.8) is 0 Å². The van der Waals surface area contributed by atoms with Gasteiger partial charge < -0.3 is 10.1 Å². The monoisotopic (exact) mass is 422 g/mol. The van der Waals surface area contributed by atoms with E-state index >= 15 is 0 Å². The van der Waals surface area contributed by atoms with Crippen molar-refractivity contribution in [2.45, 2.75) is 44.6 Å². The van der Waals surface area contributed by atoms with Gasteiger partial charge in [-0.2, -0.15) is 0 Å². The second-order valence-electron chi connectivity index (χ2n) is 6.90. The summed E-state index contributed by atoms with van der Waals surface area (Å²) < 4.78 is 46.5. The van der Waals surface area contributed by atoms with Gasteiger partial charge >= 0.3 is 0 Å². The van der Waals surface area contributed by atoms with Crippen LogP contribution in [0.3, 0.4) is 0 Å². The van der Waals surface area contributed by atoms with Gasteiger partial charge in [0, 0.05) is 6.04 Å². The summed E-state index contributed by atoms with van der Waals surface area (Å²) in [5.74, 6) is -0.770. The molecule has 0 spiro atoms. The third kappa shape index (κ3) is 5.69. The van der Waals surface area contributed by atoms with Crippen LogP contribution in [0.2, 0.25) is 0 Å². The summed E-state index contributed by atoms with van der Waals surface area (Å²) >= 11 is 0. The van der Waals surface area contributed by atoms with E-state index in [1.807, 2.05) is 13.8 Å². The van der Waals surface area contributed by atoms with Crippen LogP contribution in [-0.2, 0) is 14.8 Å². The number of carbonyl (C=O) groups excluding carboxylic acids is 1. The van der Waals surface area contributed by atoms with Crippen LogP contribution in [-0.4, -0.2) is 34.0 Å². The first-order valence-electron chi connectivity index (χ1n) is 9.41. The maximum Gasteiger partial charge on any atom is 0.268 e. The second kappa shape index (κ2) is 9.73. The van der Waals surface area contributed by atoms with Crippen molar-refractivity contribution in [3.05, 3.63) is 53.8 Å². The lowest BCUT2D eigenvalue weighted by atomic mass is 10.2. The van der Waals surface area contributed by atoms with E-state index in [1.54, 1.807) is 19.1 Å². The van der Waals surface area contributed by atoms with Crippen LogP contribution < -0.4 is 14.4 Å². The Bertz CT molecular complexity index is 946. The van der Waals surface area contributed by atoms with Crippen molar-refractivity contribution in [2.75, 3.05) is 18.0 Å². The number of nitrogens with zero attached hydrogens (tertiary/aromatic N) is 1. The maximum absolute atomic E-state index is 13.5. The molecular weight excluding hydrogens is 395 g/mol. The molecule has 1 amide bonds. The molecule has 0 aliphatic rings. The maximum atomic E-state index is 13.5.